The van der Waals surface area contributed by atoms with Crippen molar-refractivity contribution in [2.24, 2.45) is 0 Å². The molecule has 0 heterocycles. The lowest BCUT2D eigenvalue weighted by Crippen LogP contribution is -2.25. The molecular formula is C11H15Cl2NO2S. The minimum absolute atomic E-state index is 0.0554. The quantitative estimate of drug-likeness (QED) is 0.648. The van der Waals surface area contributed by atoms with Crippen LogP contribution >= 0.6 is 23.2 Å². The Morgan fingerprint density at radius 3 is 2.59 bits per heavy atom. The minimum atomic E-state index is -3.51. The summed E-state index contributed by atoms with van der Waals surface area (Å²) < 4.78 is 26.2. The van der Waals surface area contributed by atoms with Gasteiger partial charge in [-0.1, -0.05) is 23.7 Å². The van der Waals surface area contributed by atoms with Crippen LogP contribution in [0.25, 0.3) is 0 Å². The smallest absolute Gasteiger partial charge is 0.211 e. The van der Waals surface area contributed by atoms with Crippen molar-refractivity contribution in [3.8, 4) is 0 Å². The number of nitrogens with one attached hydrogen (secondary N) is 1. The lowest BCUT2D eigenvalue weighted by Gasteiger charge is -2.08. The zero-order chi connectivity index (χ0) is 12.9. The SMILES string of the molecule is CC(Cl)CCCNS(=O)(=O)c1ccccc1Cl. The van der Waals surface area contributed by atoms with Gasteiger partial charge in [0.25, 0.3) is 0 Å². The van der Waals surface area contributed by atoms with E-state index in [0.29, 0.717) is 13.0 Å². The van der Waals surface area contributed by atoms with Crippen molar-refractivity contribution in [2.75, 3.05) is 6.54 Å². The number of benzene rings is 1. The molecule has 1 aromatic carbocycles. The fourth-order valence-electron chi connectivity index (χ4n) is 1.33. The third-order valence-electron chi connectivity index (χ3n) is 2.20. The second kappa shape index (κ2) is 6.59. The number of hydrogen-bond acceptors (Lipinski definition) is 2. The zero-order valence-electron chi connectivity index (χ0n) is 9.49. The molecule has 96 valence electrons. The first-order valence-corrected chi connectivity index (χ1v) is 7.61. The highest BCUT2D eigenvalue weighted by atomic mass is 35.5. The molecule has 6 heteroatoms. The van der Waals surface area contributed by atoms with Gasteiger partial charge >= 0.3 is 0 Å². The highest BCUT2D eigenvalue weighted by Gasteiger charge is 2.16. The number of halogens is 2. The summed E-state index contributed by atoms with van der Waals surface area (Å²) in [5.74, 6) is 0. The molecule has 0 saturated carbocycles. The van der Waals surface area contributed by atoms with Gasteiger partial charge in [0.2, 0.25) is 10.0 Å². The molecule has 0 radical (unpaired) electrons. The van der Waals surface area contributed by atoms with Crippen molar-refractivity contribution in [3.05, 3.63) is 29.3 Å². The minimum Gasteiger partial charge on any atom is -0.211 e. The van der Waals surface area contributed by atoms with Crippen molar-refractivity contribution in [1.29, 1.82) is 0 Å². The molecule has 17 heavy (non-hydrogen) atoms. The summed E-state index contributed by atoms with van der Waals surface area (Å²) in [6, 6.07) is 6.36. The maximum Gasteiger partial charge on any atom is 0.242 e. The van der Waals surface area contributed by atoms with Crippen molar-refractivity contribution >= 4 is 33.2 Å². The maximum atomic E-state index is 11.9. The van der Waals surface area contributed by atoms with Crippen LogP contribution in [0.4, 0.5) is 0 Å². The molecule has 0 aliphatic rings. The molecule has 0 saturated heterocycles. The topological polar surface area (TPSA) is 46.2 Å². The molecule has 3 nitrogen and oxygen atoms in total. The summed E-state index contributed by atoms with van der Waals surface area (Å²) >= 11 is 11.6. The average Bonchev–Trinajstić information content (AvgIpc) is 2.24. The van der Waals surface area contributed by atoms with Crippen LogP contribution in [0, 0.1) is 0 Å². The Morgan fingerprint density at radius 1 is 1.35 bits per heavy atom. The van der Waals surface area contributed by atoms with E-state index in [9.17, 15) is 8.42 Å². The van der Waals surface area contributed by atoms with E-state index in [1.165, 1.54) is 6.07 Å². The molecule has 0 fully saturated rings. The van der Waals surface area contributed by atoms with Gasteiger partial charge in [0.15, 0.2) is 0 Å². The van der Waals surface area contributed by atoms with Crippen LogP contribution in [0.2, 0.25) is 5.02 Å². The predicted molar refractivity (Wildman–Crippen MR) is 71.2 cm³/mol. The van der Waals surface area contributed by atoms with Gasteiger partial charge in [-0.3, -0.25) is 0 Å². The number of rotatable bonds is 6. The first-order chi connectivity index (χ1) is 7.93. The summed E-state index contributed by atoms with van der Waals surface area (Å²) in [6.07, 6.45) is 1.47. The van der Waals surface area contributed by atoms with Gasteiger partial charge in [0, 0.05) is 11.9 Å². The Morgan fingerprint density at radius 2 is 2.00 bits per heavy atom. The van der Waals surface area contributed by atoms with Crippen LogP contribution in [0.1, 0.15) is 19.8 Å². The standard InChI is InChI=1S/C11H15Cl2NO2S/c1-9(12)5-4-8-14-17(15,16)11-7-3-2-6-10(11)13/h2-3,6-7,9,14H,4-5,8H2,1H3. The molecule has 0 aliphatic carbocycles. The molecule has 0 aliphatic heterocycles. The Labute approximate surface area is 112 Å². The fraction of sp³-hybridized carbons (Fsp3) is 0.455. The molecule has 0 bridgehead atoms. The van der Waals surface area contributed by atoms with Crippen molar-refractivity contribution in [2.45, 2.75) is 30.0 Å². The summed E-state index contributed by atoms with van der Waals surface area (Å²) in [7, 11) is -3.51. The van der Waals surface area contributed by atoms with E-state index in [-0.39, 0.29) is 15.3 Å². The van der Waals surface area contributed by atoms with E-state index < -0.39 is 10.0 Å². The summed E-state index contributed by atoms with van der Waals surface area (Å²) in [6.45, 7) is 2.24. The summed E-state index contributed by atoms with van der Waals surface area (Å²) in [5.41, 5.74) is 0. The molecule has 1 rings (SSSR count). The first-order valence-electron chi connectivity index (χ1n) is 5.32. The van der Waals surface area contributed by atoms with E-state index >= 15 is 0 Å². The second-order valence-electron chi connectivity index (χ2n) is 3.75. The van der Waals surface area contributed by atoms with Gasteiger partial charge in [-0.25, -0.2) is 13.1 Å². The molecule has 0 spiro atoms. The van der Waals surface area contributed by atoms with Gasteiger partial charge in [-0.05, 0) is 31.9 Å². The molecular weight excluding hydrogens is 281 g/mol. The normalized spacial score (nSPS) is 13.6. The Balaban J connectivity index is 2.61. The van der Waals surface area contributed by atoms with Crippen LogP contribution in [0.15, 0.2) is 29.2 Å². The van der Waals surface area contributed by atoms with Crippen LogP contribution in [-0.4, -0.2) is 20.3 Å². The molecule has 1 unspecified atom stereocenters. The van der Waals surface area contributed by atoms with Gasteiger partial charge in [0.05, 0.1) is 5.02 Å². The average molecular weight is 296 g/mol. The maximum absolute atomic E-state index is 11.9. The molecule has 1 N–H and O–H groups in total. The zero-order valence-corrected chi connectivity index (χ0v) is 11.8. The largest absolute Gasteiger partial charge is 0.242 e. The third kappa shape index (κ3) is 4.84. The number of alkyl halides is 1. The van der Waals surface area contributed by atoms with Crippen molar-refractivity contribution in [3.63, 3.8) is 0 Å². The summed E-state index contributed by atoms with van der Waals surface area (Å²) in [5, 5.41) is 0.283. The third-order valence-corrected chi connectivity index (χ3v) is 4.38. The fourth-order valence-corrected chi connectivity index (χ4v) is 3.08. The summed E-state index contributed by atoms with van der Waals surface area (Å²) in [4.78, 5) is 0.112. The first kappa shape index (κ1) is 14.8. The molecule has 1 aromatic rings. The van der Waals surface area contributed by atoms with E-state index in [0.717, 1.165) is 6.42 Å². The van der Waals surface area contributed by atoms with Crippen molar-refractivity contribution < 1.29 is 8.42 Å². The highest BCUT2D eigenvalue weighted by molar-refractivity contribution is 7.89. The Kier molecular flexibility index (Phi) is 5.73. The van der Waals surface area contributed by atoms with Crippen LogP contribution in [0.5, 0.6) is 0 Å². The number of sulfonamides is 1. The van der Waals surface area contributed by atoms with Gasteiger partial charge in [-0.2, -0.15) is 0 Å². The van der Waals surface area contributed by atoms with Crippen molar-refractivity contribution in [1.82, 2.24) is 4.72 Å². The molecule has 0 amide bonds. The van der Waals surface area contributed by atoms with Crippen LogP contribution < -0.4 is 4.72 Å². The molecule has 1 atom stereocenters. The molecule has 0 aromatic heterocycles. The monoisotopic (exact) mass is 295 g/mol. The van der Waals surface area contributed by atoms with Gasteiger partial charge in [-0.15, -0.1) is 11.6 Å². The van der Waals surface area contributed by atoms with E-state index in [1.54, 1.807) is 18.2 Å². The number of hydrogen-bond donors (Lipinski definition) is 1. The van der Waals surface area contributed by atoms with E-state index in [1.807, 2.05) is 6.92 Å². The van der Waals surface area contributed by atoms with Gasteiger partial charge in [0.1, 0.15) is 4.90 Å². The second-order valence-corrected chi connectivity index (χ2v) is 6.64. The Bertz CT molecular complexity index is 460. The Hall–Kier alpha value is -0.290. The lowest BCUT2D eigenvalue weighted by atomic mass is 10.2. The highest BCUT2D eigenvalue weighted by Crippen LogP contribution is 2.20. The van der Waals surface area contributed by atoms with Gasteiger partial charge < -0.3 is 0 Å². The van der Waals surface area contributed by atoms with E-state index in [4.69, 9.17) is 23.2 Å². The van der Waals surface area contributed by atoms with Crippen LogP contribution in [-0.2, 0) is 10.0 Å². The lowest BCUT2D eigenvalue weighted by molar-refractivity contribution is 0.576. The van der Waals surface area contributed by atoms with E-state index in [2.05, 4.69) is 4.72 Å². The van der Waals surface area contributed by atoms with Crippen LogP contribution in [0.3, 0.4) is 0 Å². The predicted octanol–water partition coefficient (Wildman–Crippen LogP) is 3.03.